The second-order valence-electron chi connectivity index (χ2n) is 17.3. The number of aromatic nitrogens is 3. The van der Waals surface area contributed by atoms with E-state index in [-0.39, 0.29) is 20.1 Å². The minimum Gasteiger partial charge on any atom is -0.333 e. The van der Waals surface area contributed by atoms with Gasteiger partial charge in [-0.05, 0) is 90.2 Å². The second kappa shape index (κ2) is 18.1. The first-order valence-electron chi connectivity index (χ1n) is 22.0. The Morgan fingerprint density at radius 3 is 1.94 bits per heavy atom. The predicted molar refractivity (Wildman–Crippen MR) is 272 cm³/mol. The van der Waals surface area contributed by atoms with Crippen LogP contribution >= 0.6 is 11.3 Å². The summed E-state index contributed by atoms with van der Waals surface area (Å²) in [6.45, 7) is 10.8. The third kappa shape index (κ3) is 8.43. The SMILES string of the molecule is [2H]C(C)(C)c1cc(-c2[c-]cccc2)ncc1[Si](C)(C)C.[Ir].[c-]1ccc2c(sc3cc(-c4ccccc4)ccc32)c1-c1nc2cc3ccccc3cc2n1-c1ccc(-c2ccccc2)cc1. The number of hydrogen-bond donors (Lipinski definition) is 0. The summed E-state index contributed by atoms with van der Waals surface area (Å²) in [6.07, 6.45) is 1.98. The Hall–Kier alpha value is -6.27. The topological polar surface area (TPSA) is 30.7 Å². The largest absolute Gasteiger partial charge is 0.333 e. The van der Waals surface area contributed by atoms with Crippen molar-refractivity contribution in [3.8, 4) is 50.6 Å². The monoisotopic (exact) mass is 1040 g/mol. The van der Waals surface area contributed by atoms with E-state index >= 15 is 0 Å². The van der Waals surface area contributed by atoms with Crippen molar-refractivity contribution in [2.75, 3.05) is 0 Å². The molecule has 0 amide bonds. The first-order chi connectivity index (χ1) is 31.0. The Morgan fingerprint density at radius 2 is 1.27 bits per heavy atom. The summed E-state index contributed by atoms with van der Waals surface area (Å²) in [5, 5.41) is 6.17. The molecule has 3 aromatic heterocycles. The molecule has 315 valence electrons. The molecule has 64 heavy (non-hydrogen) atoms. The van der Waals surface area contributed by atoms with Gasteiger partial charge in [0.25, 0.3) is 0 Å². The van der Waals surface area contributed by atoms with Gasteiger partial charge in [-0.15, -0.1) is 54.1 Å². The first-order valence-corrected chi connectivity index (χ1v) is 25.8. The van der Waals surface area contributed by atoms with Crippen LogP contribution in [0.15, 0.2) is 188 Å². The molecule has 0 atom stereocenters. The van der Waals surface area contributed by atoms with Gasteiger partial charge >= 0.3 is 0 Å². The Bertz CT molecular complexity index is 3440. The van der Waals surface area contributed by atoms with Crippen molar-refractivity contribution >= 4 is 66.6 Å². The fourth-order valence-electron chi connectivity index (χ4n) is 8.51. The van der Waals surface area contributed by atoms with Crippen molar-refractivity contribution in [1.29, 1.82) is 0 Å². The van der Waals surface area contributed by atoms with Gasteiger partial charge in [0, 0.05) is 38.1 Å². The van der Waals surface area contributed by atoms with Crippen molar-refractivity contribution in [2.24, 2.45) is 0 Å². The molecule has 3 nitrogen and oxygen atoms in total. The van der Waals surface area contributed by atoms with Crippen LogP contribution in [0.3, 0.4) is 0 Å². The van der Waals surface area contributed by atoms with E-state index in [0.717, 1.165) is 44.9 Å². The van der Waals surface area contributed by atoms with Crippen LogP contribution in [0.5, 0.6) is 0 Å². The molecule has 0 saturated carbocycles. The zero-order valence-electron chi connectivity index (χ0n) is 37.5. The Balaban J connectivity index is 0.000000215. The minimum atomic E-state index is -1.50. The van der Waals surface area contributed by atoms with Crippen LogP contribution in [0.4, 0.5) is 0 Å². The van der Waals surface area contributed by atoms with Gasteiger partial charge in [0.15, 0.2) is 0 Å². The van der Waals surface area contributed by atoms with E-state index in [9.17, 15) is 0 Å². The molecule has 0 spiro atoms. The quantitative estimate of drug-likeness (QED) is 0.118. The van der Waals surface area contributed by atoms with Crippen LogP contribution in [0, 0.1) is 12.1 Å². The second-order valence-corrected chi connectivity index (χ2v) is 23.4. The van der Waals surface area contributed by atoms with Crippen molar-refractivity contribution in [3.63, 3.8) is 0 Å². The molecule has 0 N–H and O–H groups in total. The number of rotatable bonds is 7. The van der Waals surface area contributed by atoms with Gasteiger partial charge < -0.3 is 9.55 Å². The van der Waals surface area contributed by atoms with Gasteiger partial charge in [0.2, 0.25) is 0 Å². The van der Waals surface area contributed by atoms with Gasteiger partial charge in [-0.1, -0.05) is 165 Å². The Kier molecular flexibility index (Phi) is 11.8. The molecule has 0 bridgehead atoms. The normalized spacial score (nSPS) is 11.9. The molecule has 11 aromatic rings. The number of pyridine rings is 1. The van der Waals surface area contributed by atoms with Crippen LogP contribution in [0.1, 0.15) is 26.7 Å². The molecule has 0 aliphatic rings. The molecule has 11 rings (SSSR count). The molecule has 3 heterocycles. The number of benzene rings is 8. The fourth-order valence-corrected chi connectivity index (χ4v) is 11.3. The van der Waals surface area contributed by atoms with E-state index in [2.05, 4.69) is 193 Å². The summed E-state index contributed by atoms with van der Waals surface area (Å²) >= 11 is 1.82. The van der Waals surface area contributed by atoms with E-state index in [0.29, 0.717) is 0 Å². The van der Waals surface area contributed by atoms with E-state index in [1.807, 2.05) is 61.7 Å². The van der Waals surface area contributed by atoms with Gasteiger partial charge in [-0.3, -0.25) is 4.98 Å². The number of thiophene rings is 1. The third-order valence-electron chi connectivity index (χ3n) is 11.8. The molecular formula is C58H47IrN3SSi-2. The molecule has 0 unspecified atom stereocenters. The Labute approximate surface area is 395 Å². The summed E-state index contributed by atoms with van der Waals surface area (Å²) in [7, 11) is -1.50. The maximum absolute atomic E-state index is 8.44. The number of nitrogens with zero attached hydrogens (tertiary/aromatic N) is 3. The zero-order valence-corrected chi connectivity index (χ0v) is 40.7. The summed E-state index contributed by atoms with van der Waals surface area (Å²) in [5.74, 6) is 0.297. The fraction of sp³-hybridized carbons (Fsp3) is 0.103. The van der Waals surface area contributed by atoms with Crippen LogP contribution in [-0.2, 0) is 20.1 Å². The average molecular weight is 1040 g/mol. The van der Waals surface area contributed by atoms with E-state index in [1.165, 1.54) is 58.4 Å². The smallest absolute Gasteiger partial charge is 0.0799 e. The predicted octanol–water partition coefficient (Wildman–Crippen LogP) is 15.6. The van der Waals surface area contributed by atoms with Crippen LogP contribution in [0.2, 0.25) is 19.6 Å². The van der Waals surface area contributed by atoms with Crippen LogP contribution in [0.25, 0.3) is 92.6 Å². The molecular weight excluding hydrogens is 991 g/mol. The van der Waals surface area contributed by atoms with Crippen molar-refractivity contribution < 1.29 is 21.5 Å². The molecule has 1 radical (unpaired) electrons. The van der Waals surface area contributed by atoms with Gasteiger partial charge in [-0.25, -0.2) is 0 Å². The zero-order chi connectivity index (χ0) is 44.0. The summed E-state index contributed by atoms with van der Waals surface area (Å²) in [5.41, 5.74) is 12.0. The molecule has 0 aliphatic carbocycles. The number of hydrogen-bond acceptors (Lipinski definition) is 3. The first kappa shape index (κ1) is 41.7. The molecule has 0 aliphatic heterocycles. The van der Waals surface area contributed by atoms with Crippen LogP contribution < -0.4 is 5.19 Å². The molecule has 0 saturated heterocycles. The van der Waals surface area contributed by atoms with E-state index in [4.69, 9.17) is 6.35 Å². The van der Waals surface area contributed by atoms with Gasteiger partial charge in [0.05, 0.1) is 24.9 Å². The van der Waals surface area contributed by atoms with E-state index in [1.54, 1.807) is 0 Å². The van der Waals surface area contributed by atoms with Gasteiger partial charge in [0.1, 0.15) is 0 Å². The standard InChI is InChI=1S/C41H25N2S.C17H22NSi.Ir/c1-3-10-27(11-4-1)29-18-21-33(22-19-29)43-38-25-31-15-8-7-14-30(31)24-37(38)42-41(43)36-17-9-16-35-34-23-20-32(26-39(34)44-40(35)36)28-12-5-2-6-13-28;1-13(2)15-11-16(14-9-7-6-8-10-14)18-12-17(15)19(3,4)5;/h1-16,18-26H;6-9,11-13H,1-5H3;/q2*-1;/i;13D;. The third-order valence-corrected chi connectivity index (χ3v) is 15.0. The van der Waals surface area contributed by atoms with Crippen LogP contribution in [-0.4, -0.2) is 22.6 Å². The maximum atomic E-state index is 8.44. The molecule has 0 fully saturated rings. The summed E-state index contributed by atoms with van der Waals surface area (Å²) in [4.78, 5) is 9.92. The summed E-state index contributed by atoms with van der Waals surface area (Å²) < 4.78 is 13.2. The van der Waals surface area contributed by atoms with E-state index < -0.39 is 14.0 Å². The van der Waals surface area contributed by atoms with Gasteiger partial charge in [-0.2, -0.15) is 11.3 Å². The maximum Gasteiger partial charge on any atom is 0.0799 e. The minimum absolute atomic E-state index is 0. The number of fused-ring (bicyclic) bond motifs is 5. The number of imidazole rings is 1. The molecule has 6 heteroatoms. The average Bonchev–Trinajstić information content (AvgIpc) is 3.89. The Morgan fingerprint density at radius 1 is 0.625 bits per heavy atom. The summed E-state index contributed by atoms with van der Waals surface area (Å²) in [6, 6.07) is 70.7. The van der Waals surface area contributed by atoms with Crippen molar-refractivity contribution in [1.82, 2.24) is 14.5 Å². The molecule has 8 aromatic carbocycles. The van der Waals surface area contributed by atoms with Crippen molar-refractivity contribution in [3.05, 3.63) is 206 Å². The van der Waals surface area contributed by atoms with Crippen molar-refractivity contribution in [2.45, 2.75) is 39.4 Å².